The van der Waals surface area contributed by atoms with Crippen molar-refractivity contribution in [2.45, 2.75) is 33.2 Å². The van der Waals surface area contributed by atoms with Crippen molar-refractivity contribution in [3.05, 3.63) is 29.3 Å². The van der Waals surface area contributed by atoms with Gasteiger partial charge in [-0.1, -0.05) is 31.0 Å². The lowest BCUT2D eigenvalue weighted by molar-refractivity contribution is -0.142. The molecule has 0 bridgehead atoms. The van der Waals surface area contributed by atoms with Crippen LogP contribution in [-0.4, -0.2) is 18.6 Å². The number of ether oxygens (including phenoxy) is 1. The molecule has 1 aromatic carbocycles. The number of para-hydroxylation sites is 1. The van der Waals surface area contributed by atoms with Crippen LogP contribution in [-0.2, 0) is 16.0 Å². The third kappa shape index (κ3) is 3.53. The van der Waals surface area contributed by atoms with Crippen LogP contribution in [0.2, 0.25) is 0 Å². The molecule has 0 heterocycles. The highest BCUT2D eigenvalue weighted by Gasteiger charge is 2.15. The Bertz CT molecular complexity index is 460. The van der Waals surface area contributed by atoms with Crippen LogP contribution in [0.15, 0.2) is 18.2 Å². The fourth-order valence-corrected chi connectivity index (χ4v) is 1.74. The molecule has 0 saturated heterocycles. The summed E-state index contributed by atoms with van der Waals surface area (Å²) in [7, 11) is 0. The van der Waals surface area contributed by atoms with Crippen molar-refractivity contribution in [3.8, 4) is 12.3 Å². The van der Waals surface area contributed by atoms with E-state index >= 15 is 0 Å². The Morgan fingerprint density at radius 2 is 2.28 bits per heavy atom. The number of anilines is 1. The van der Waals surface area contributed by atoms with E-state index in [2.05, 4.69) is 24.2 Å². The van der Waals surface area contributed by atoms with E-state index in [0.29, 0.717) is 0 Å². The minimum Gasteiger partial charge on any atom is -0.451 e. The molecule has 0 aliphatic heterocycles. The molecule has 0 aromatic heterocycles. The molecular formula is C15H19NO2. The molecule has 96 valence electrons. The number of carbonyl (C=O) groups is 1. The largest absolute Gasteiger partial charge is 0.451 e. The van der Waals surface area contributed by atoms with Crippen molar-refractivity contribution in [2.24, 2.45) is 0 Å². The second-order valence-corrected chi connectivity index (χ2v) is 4.14. The first-order valence-electron chi connectivity index (χ1n) is 6.05. The maximum absolute atomic E-state index is 11.6. The molecule has 3 heteroatoms. The molecule has 1 unspecified atom stereocenters. The van der Waals surface area contributed by atoms with Gasteiger partial charge in [-0.15, -0.1) is 6.42 Å². The van der Waals surface area contributed by atoms with Crippen molar-refractivity contribution in [3.63, 3.8) is 0 Å². The summed E-state index contributed by atoms with van der Waals surface area (Å²) in [6.07, 6.45) is 5.96. The Kier molecular flexibility index (Phi) is 5.26. The smallest absolute Gasteiger partial charge is 0.329 e. The minimum absolute atomic E-state index is 0.0132. The number of hydrogen-bond donors (Lipinski definition) is 1. The summed E-state index contributed by atoms with van der Waals surface area (Å²) in [6.45, 7) is 5.88. The number of benzene rings is 1. The lowest BCUT2D eigenvalue weighted by Gasteiger charge is -2.18. The van der Waals surface area contributed by atoms with Crippen LogP contribution in [0.25, 0.3) is 0 Å². The van der Waals surface area contributed by atoms with Crippen LogP contribution in [0.4, 0.5) is 5.69 Å². The summed E-state index contributed by atoms with van der Waals surface area (Å²) in [5, 5.41) is 3.20. The molecule has 3 nitrogen and oxygen atoms in total. The number of nitrogens with one attached hydrogen (secondary N) is 1. The van der Waals surface area contributed by atoms with Crippen molar-refractivity contribution in [1.29, 1.82) is 0 Å². The predicted molar refractivity (Wildman–Crippen MR) is 73.4 cm³/mol. The van der Waals surface area contributed by atoms with Gasteiger partial charge in [0.05, 0.1) is 0 Å². The second kappa shape index (κ2) is 6.70. The predicted octanol–water partition coefficient (Wildman–Crippen LogP) is 2.53. The first-order chi connectivity index (χ1) is 8.60. The fourth-order valence-electron chi connectivity index (χ4n) is 1.74. The number of aryl methyl sites for hydroxylation is 2. The quantitative estimate of drug-likeness (QED) is 0.640. The topological polar surface area (TPSA) is 38.3 Å². The van der Waals surface area contributed by atoms with E-state index in [4.69, 9.17) is 11.2 Å². The van der Waals surface area contributed by atoms with Crippen molar-refractivity contribution >= 4 is 11.7 Å². The minimum atomic E-state index is -0.412. The van der Waals surface area contributed by atoms with E-state index in [1.165, 1.54) is 5.56 Å². The van der Waals surface area contributed by atoms with Crippen molar-refractivity contribution in [1.82, 2.24) is 0 Å². The van der Waals surface area contributed by atoms with E-state index in [9.17, 15) is 4.79 Å². The summed E-state index contributed by atoms with van der Waals surface area (Å²) < 4.78 is 4.90. The normalized spacial score (nSPS) is 11.4. The van der Waals surface area contributed by atoms with Gasteiger partial charge in [-0.2, -0.15) is 0 Å². The van der Waals surface area contributed by atoms with E-state index in [-0.39, 0.29) is 12.6 Å². The van der Waals surface area contributed by atoms with E-state index in [1.54, 1.807) is 6.92 Å². The molecule has 0 fully saturated rings. The molecule has 0 spiro atoms. The Labute approximate surface area is 109 Å². The monoisotopic (exact) mass is 245 g/mol. The highest BCUT2D eigenvalue weighted by atomic mass is 16.5. The first kappa shape index (κ1) is 14.1. The van der Waals surface area contributed by atoms with Gasteiger partial charge in [0.2, 0.25) is 0 Å². The van der Waals surface area contributed by atoms with E-state index in [0.717, 1.165) is 17.7 Å². The molecule has 0 aliphatic carbocycles. The summed E-state index contributed by atoms with van der Waals surface area (Å²) >= 11 is 0. The Morgan fingerprint density at radius 1 is 1.56 bits per heavy atom. The fraction of sp³-hybridized carbons (Fsp3) is 0.400. The third-order valence-electron chi connectivity index (χ3n) is 2.75. The van der Waals surface area contributed by atoms with E-state index in [1.807, 2.05) is 19.1 Å². The van der Waals surface area contributed by atoms with Crippen molar-refractivity contribution in [2.75, 3.05) is 11.9 Å². The van der Waals surface area contributed by atoms with Gasteiger partial charge in [0.25, 0.3) is 0 Å². The summed E-state index contributed by atoms with van der Waals surface area (Å²) in [5.74, 6) is 1.95. The number of carbonyl (C=O) groups excluding carboxylic acids is 1. The van der Waals surface area contributed by atoms with Gasteiger partial charge in [-0.25, -0.2) is 4.79 Å². The van der Waals surface area contributed by atoms with Gasteiger partial charge < -0.3 is 10.1 Å². The maximum atomic E-state index is 11.6. The summed E-state index contributed by atoms with van der Waals surface area (Å²) in [4.78, 5) is 11.6. The highest BCUT2D eigenvalue weighted by molar-refractivity contribution is 5.79. The Morgan fingerprint density at radius 3 is 2.89 bits per heavy atom. The molecular weight excluding hydrogens is 226 g/mol. The number of rotatable bonds is 5. The first-order valence-corrected chi connectivity index (χ1v) is 6.05. The third-order valence-corrected chi connectivity index (χ3v) is 2.75. The Hall–Kier alpha value is -1.95. The van der Waals surface area contributed by atoms with Crippen LogP contribution in [0.5, 0.6) is 0 Å². The molecule has 0 saturated carbocycles. The molecule has 1 aromatic rings. The number of esters is 1. The summed E-state index contributed by atoms with van der Waals surface area (Å²) in [6, 6.07) is 5.67. The lowest BCUT2D eigenvalue weighted by Crippen LogP contribution is -2.29. The van der Waals surface area contributed by atoms with Gasteiger partial charge >= 0.3 is 5.97 Å². The molecule has 1 rings (SSSR count). The van der Waals surface area contributed by atoms with Crippen molar-refractivity contribution < 1.29 is 9.53 Å². The van der Waals surface area contributed by atoms with Gasteiger partial charge in [0.1, 0.15) is 6.04 Å². The molecule has 0 amide bonds. The average Bonchev–Trinajstić information content (AvgIpc) is 2.38. The van der Waals surface area contributed by atoms with Crippen LogP contribution in [0, 0.1) is 19.3 Å². The van der Waals surface area contributed by atoms with Crippen LogP contribution in [0.1, 0.15) is 25.0 Å². The zero-order chi connectivity index (χ0) is 13.5. The average molecular weight is 245 g/mol. The highest BCUT2D eigenvalue weighted by Crippen LogP contribution is 2.22. The second-order valence-electron chi connectivity index (χ2n) is 4.14. The van der Waals surface area contributed by atoms with Crippen LogP contribution in [0.3, 0.4) is 0 Å². The zero-order valence-electron chi connectivity index (χ0n) is 11.1. The molecule has 1 atom stereocenters. The van der Waals surface area contributed by atoms with Crippen LogP contribution < -0.4 is 5.32 Å². The van der Waals surface area contributed by atoms with Crippen LogP contribution >= 0.6 is 0 Å². The number of terminal acetylenes is 1. The van der Waals surface area contributed by atoms with Gasteiger partial charge in [-0.05, 0) is 31.4 Å². The zero-order valence-corrected chi connectivity index (χ0v) is 11.1. The maximum Gasteiger partial charge on any atom is 0.329 e. The standard InChI is InChI=1S/C15H19NO2/c1-5-10-18-15(17)12(4)16-14-11(3)8-7-9-13(14)6-2/h1,7-9,12,16H,6,10H2,2-4H3. The Balaban J connectivity index is 2.78. The molecule has 0 aliphatic rings. The molecule has 1 N–H and O–H groups in total. The number of hydrogen-bond acceptors (Lipinski definition) is 3. The van der Waals surface area contributed by atoms with Gasteiger partial charge in [0, 0.05) is 5.69 Å². The lowest BCUT2D eigenvalue weighted by atomic mass is 10.1. The SMILES string of the molecule is C#CCOC(=O)C(C)Nc1c(C)cccc1CC. The molecule has 18 heavy (non-hydrogen) atoms. The van der Waals surface area contributed by atoms with E-state index < -0.39 is 6.04 Å². The summed E-state index contributed by atoms with van der Waals surface area (Å²) in [5.41, 5.74) is 3.31. The van der Waals surface area contributed by atoms with Gasteiger partial charge in [0.15, 0.2) is 6.61 Å². The van der Waals surface area contributed by atoms with Gasteiger partial charge in [-0.3, -0.25) is 0 Å². The molecule has 0 radical (unpaired) electrons.